The van der Waals surface area contributed by atoms with Crippen molar-refractivity contribution in [1.82, 2.24) is 10.7 Å². The second-order valence-electron chi connectivity index (χ2n) is 7.26. The summed E-state index contributed by atoms with van der Waals surface area (Å²) >= 11 is 0. The molecule has 0 heterocycles. The Labute approximate surface area is 177 Å². The molecule has 0 aliphatic rings. The number of nitrogens with one attached hydrogen (secondary N) is 2. The molecule has 2 aromatic rings. The smallest absolute Gasteiger partial charge is 0.262 e. The van der Waals surface area contributed by atoms with E-state index >= 15 is 0 Å². The Morgan fingerprint density at radius 1 is 1.03 bits per heavy atom. The SMILES string of the molecule is COc1ccc(C(=O)NC(C)C(=O)NN=Cc2cc(C(C)C)c(OC)cc2C)cc1. The van der Waals surface area contributed by atoms with Gasteiger partial charge in [-0.25, -0.2) is 5.43 Å². The van der Waals surface area contributed by atoms with Crippen molar-refractivity contribution in [3.05, 3.63) is 58.7 Å². The van der Waals surface area contributed by atoms with E-state index in [1.165, 1.54) is 0 Å². The minimum absolute atomic E-state index is 0.287. The molecule has 7 nitrogen and oxygen atoms in total. The van der Waals surface area contributed by atoms with E-state index in [9.17, 15) is 9.59 Å². The molecule has 30 heavy (non-hydrogen) atoms. The average molecular weight is 412 g/mol. The van der Waals surface area contributed by atoms with Gasteiger partial charge in [0.25, 0.3) is 11.8 Å². The van der Waals surface area contributed by atoms with Crippen LogP contribution in [-0.4, -0.2) is 38.3 Å². The summed E-state index contributed by atoms with van der Waals surface area (Å²) < 4.78 is 10.5. The summed E-state index contributed by atoms with van der Waals surface area (Å²) in [6, 6.07) is 9.85. The van der Waals surface area contributed by atoms with Crippen LogP contribution in [0.2, 0.25) is 0 Å². The molecule has 0 saturated carbocycles. The third-order valence-electron chi connectivity index (χ3n) is 4.71. The number of hydrogen-bond donors (Lipinski definition) is 2. The summed E-state index contributed by atoms with van der Waals surface area (Å²) in [6.07, 6.45) is 1.59. The van der Waals surface area contributed by atoms with Gasteiger partial charge in [0.2, 0.25) is 0 Å². The largest absolute Gasteiger partial charge is 0.497 e. The number of nitrogens with zero attached hydrogens (tertiary/aromatic N) is 1. The van der Waals surface area contributed by atoms with Crippen LogP contribution in [0.5, 0.6) is 11.5 Å². The van der Waals surface area contributed by atoms with Gasteiger partial charge in [0, 0.05) is 5.56 Å². The fraction of sp³-hybridized carbons (Fsp3) is 0.348. The molecule has 2 amide bonds. The number of benzene rings is 2. The predicted molar refractivity (Wildman–Crippen MR) is 117 cm³/mol. The monoisotopic (exact) mass is 411 g/mol. The Bertz CT molecular complexity index is 921. The van der Waals surface area contributed by atoms with Crippen molar-refractivity contribution in [2.45, 2.75) is 39.7 Å². The van der Waals surface area contributed by atoms with Crippen molar-refractivity contribution >= 4 is 18.0 Å². The van der Waals surface area contributed by atoms with Gasteiger partial charge < -0.3 is 14.8 Å². The first-order valence-corrected chi connectivity index (χ1v) is 9.73. The molecule has 0 radical (unpaired) electrons. The van der Waals surface area contributed by atoms with E-state index in [1.807, 2.05) is 19.1 Å². The van der Waals surface area contributed by atoms with Gasteiger partial charge in [-0.15, -0.1) is 0 Å². The third-order valence-corrected chi connectivity index (χ3v) is 4.71. The number of methoxy groups -OCH3 is 2. The summed E-state index contributed by atoms with van der Waals surface area (Å²) in [5.41, 5.74) is 5.85. The Morgan fingerprint density at radius 3 is 2.27 bits per heavy atom. The van der Waals surface area contributed by atoms with Crippen molar-refractivity contribution < 1.29 is 19.1 Å². The molecule has 0 spiro atoms. The van der Waals surface area contributed by atoms with Gasteiger partial charge >= 0.3 is 0 Å². The Hall–Kier alpha value is -3.35. The summed E-state index contributed by atoms with van der Waals surface area (Å²) in [7, 11) is 3.20. The van der Waals surface area contributed by atoms with Crippen LogP contribution in [0.4, 0.5) is 0 Å². The van der Waals surface area contributed by atoms with Gasteiger partial charge in [0.1, 0.15) is 17.5 Å². The van der Waals surface area contributed by atoms with Crippen molar-refractivity contribution in [3.63, 3.8) is 0 Å². The van der Waals surface area contributed by atoms with E-state index in [0.717, 1.165) is 22.4 Å². The molecule has 1 unspecified atom stereocenters. The van der Waals surface area contributed by atoms with Crippen molar-refractivity contribution in [1.29, 1.82) is 0 Å². The molecule has 0 saturated heterocycles. The zero-order valence-corrected chi connectivity index (χ0v) is 18.3. The van der Waals surface area contributed by atoms with Crippen LogP contribution in [0.15, 0.2) is 41.5 Å². The molecule has 0 aliphatic heterocycles. The molecule has 0 aromatic heterocycles. The maximum Gasteiger partial charge on any atom is 0.262 e. The number of amides is 2. The molecular weight excluding hydrogens is 382 g/mol. The first-order valence-electron chi connectivity index (χ1n) is 9.73. The molecule has 2 rings (SSSR count). The molecule has 0 fully saturated rings. The molecule has 7 heteroatoms. The quantitative estimate of drug-likeness (QED) is 0.515. The zero-order chi connectivity index (χ0) is 22.3. The standard InChI is InChI=1S/C23H29N3O4/c1-14(2)20-12-18(15(3)11-21(20)30-6)13-24-26-22(27)16(4)25-23(28)17-7-9-19(29-5)10-8-17/h7-14,16H,1-6H3,(H,25,28)(H,26,27). The van der Waals surface area contributed by atoms with Gasteiger partial charge in [-0.2, -0.15) is 5.10 Å². The number of ether oxygens (including phenoxy) is 2. The van der Waals surface area contributed by atoms with Crippen LogP contribution >= 0.6 is 0 Å². The minimum Gasteiger partial charge on any atom is -0.497 e. The lowest BCUT2D eigenvalue weighted by molar-refractivity contribution is -0.122. The highest BCUT2D eigenvalue weighted by Crippen LogP contribution is 2.29. The third kappa shape index (κ3) is 5.83. The van der Waals surface area contributed by atoms with Crippen molar-refractivity contribution in [3.8, 4) is 11.5 Å². The van der Waals surface area contributed by atoms with Crippen LogP contribution < -0.4 is 20.2 Å². The van der Waals surface area contributed by atoms with E-state index in [4.69, 9.17) is 9.47 Å². The van der Waals surface area contributed by atoms with Crippen LogP contribution in [-0.2, 0) is 4.79 Å². The minimum atomic E-state index is -0.750. The highest BCUT2D eigenvalue weighted by molar-refractivity contribution is 5.97. The Morgan fingerprint density at radius 2 is 1.70 bits per heavy atom. The summed E-state index contributed by atoms with van der Waals surface area (Å²) in [4.78, 5) is 24.6. The Kier molecular flexibility index (Phi) is 7.98. The topological polar surface area (TPSA) is 89.0 Å². The second-order valence-corrected chi connectivity index (χ2v) is 7.26. The average Bonchev–Trinajstić information content (AvgIpc) is 2.74. The lowest BCUT2D eigenvalue weighted by Crippen LogP contribution is -2.43. The van der Waals surface area contributed by atoms with Crippen LogP contribution in [0.3, 0.4) is 0 Å². The van der Waals surface area contributed by atoms with Crippen molar-refractivity contribution in [2.24, 2.45) is 5.10 Å². The normalized spacial score (nSPS) is 12.0. The number of hydrogen-bond acceptors (Lipinski definition) is 5. The molecule has 2 N–H and O–H groups in total. The molecule has 1 atom stereocenters. The zero-order valence-electron chi connectivity index (χ0n) is 18.3. The van der Waals surface area contributed by atoms with E-state index < -0.39 is 11.9 Å². The molecule has 0 aliphatic carbocycles. The Balaban J connectivity index is 1.99. The maximum atomic E-state index is 12.3. The van der Waals surface area contributed by atoms with E-state index in [1.54, 1.807) is 51.6 Å². The van der Waals surface area contributed by atoms with Gasteiger partial charge in [0.15, 0.2) is 0 Å². The lowest BCUT2D eigenvalue weighted by atomic mass is 9.97. The van der Waals surface area contributed by atoms with Crippen molar-refractivity contribution in [2.75, 3.05) is 14.2 Å². The lowest BCUT2D eigenvalue weighted by Gasteiger charge is -2.14. The fourth-order valence-electron chi connectivity index (χ4n) is 2.83. The molecular formula is C23H29N3O4. The first kappa shape index (κ1) is 22.9. The second kappa shape index (κ2) is 10.4. The van der Waals surface area contributed by atoms with Gasteiger partial charge in [-0.3, -0.25) is 9.59 Å². The predicted octanol–water partition coefficient (Wildman–Crippen LogP) is 3.40. The molecule has 160 valence electrons. The highest BCUT2D eigenvalue weighted by Gasteiger charge is 2.16. The highest BCUT2D eigenvalue weighted by atomic mass is 16.5. The number of hydrazone groups is 1. The summed E-state index contributed by atoms with van der Waals surface area (Å²) in [5.74, 6) is 1.01. The summed E-state index contributed by atoms with van der Waals surface area (Å²) in [6.45, 7) is 7.72. The first-order chi connectivity index (χ1) is 14.3. The van der Waals surface area contributed by atoms with Crippen LogP contribution in [0.1, 0.15) is 53.7 Å². The van der Waals surface area contributed by atoms with Gasteiger partial charge in [-0.1, -0.05) is 13.8 Å². The van der Waals surface area contributed by atoms with Gasteiger partial charge in [0.05, 0.1) is 20.4 Å². The van der Waals surface area contributed by atoms with Gasteiger partial charge in [-0.05, 0) is 72.9 Å². The fourth-order valence-corrected chi connectivity index (χ4v) is 2.83. The van der Waals surface area contributed by atoms with Crippen LogP contribution in [0.25, 0.3) is 0 Å². The number of carbonyl (C=O) groups excluding carboxylic acids is 2. The van der Waals surface area contributed by atoms with E-state index in [0.29, 0.717) is 11.3 Å². The number of aryl methyl sites for hydroxylation is 1. The van der Waals surface area contributed by atoms with E-state index in [2.05, 4.69) is 29.7 Å². The summed E-state index contributed by atoms with van der Waals surface area (Å²) in [5, 5.41) is 6.70. The number of carbonyl (C=O) groups is 2. The number of rotatable bonds is 8. The molecule has 0 bridgehead atoms. The van der Waals surface area contributed by atoms with Crippen LogP contribution in [0, 0.1) is 6.92 Å². The van der Waals surface area contributed by atoms with E-state index in [-0.39, 0.29) is 11.8 Å². The molecule has 2 aromatic carbocycles. The maximum absolute atomic E-state index is 12.3.